The van der Waals surface area contributed by atoms with Gasteiger partial charge in [0, 0.05) is 16.8 Å². The molecule has 33 heavy (non-hydrogen) atoms. The maximum atomic E-state index is 13.3. The second kappa shape index (κ2) is 8.80. The summed E-state index contributed by atoms with van der Waals surface area (Å²) in [6, 6.07) is 17.7. The van der Waals surface area contributed by atoms with Crippen molar-refractivity contribution in [2.45, 2.75) is 12.1 Å². The molecule has 0 radical (unpaired) electrons. The number of amides is 1. The molecule has 0 aliphatic carbocycles. The largest absolute Gasteiger partial charge is 0.454 e. The summed E-state index contributed by atoms with van der Waals surface area (Å²) in [7, 11) is 0. The number of carbonyl (C=O) groups is 1. The number of aryl methyl sites for hydroxylation is 1. The van der Waals surface area contributed by atoms with E-state index in [-0.39, 0.29) is 24.0 Å². The van der Waals surface area contributed by atoms with Crippen molar-refractivity contribution >= 4 is 45.9 Å². The number of ether oxygens (including phenoxy) is 2. The van der Waals surface area contributed by atoms with Crippen LogP contribution in [0.3, 0.4) is 0 Å². The summed E-state index contributed by atoms with van der Waals surface area (Å²) in [5.41, 5.74) is 2.60. The molecule has 0 atom stereocenters. The van der Waals surface area contributed by atoms with Gasteiger partial charge in [0.25, 0.3) is 5.56 Å². The number of hydrogen-bond donors (Lipinski definition) is 1. The number of thioether (sulfide) groups is 1. The molecule has 0 fully saturated rings. The summed E-state index contributed by atoms with van der Waals surface area (Å²) in [6.07, 6.45) is 0. The first-order chi connectivity index (χ1) is 16.0. The van der Waals surface area contributed by atoms with Crippen molar-refractivity contribution in [2.75, 3.05) is 17.9 Å². The lowest BCUT2D eigenvalue weighted by atomic mass is 10.2. The van der Waals surface area contributed by atoms with Crippen molar-refractivity contribution in [3.63, 3.8) is 0 Å². The van der Waals surface area contributed by atoms with Gasteiger partial charge >= 0.3 is 0 Å². The smallest absolute Gasteiger partial charge is 0.266 e. The monoisotopic (exact) mass is 479 g/mol. The lowest BCUT2D eigenvalue weighted by Crippen LogP contribution is -2.23. The number of fused-ring (bicyclic) bond motifs is 2. The van der Waals surface area contributed by atoms with Crippen LogP contribution in [0.1, 0.15) is 5.56 Å². The Balaban J connectivity index is 1.45. The first-order valence-electron chi connectivity index (χ1n) is 10.1. The molecule has 0 saturated heterocycles. The van der Waals surface area contributed by atoms with E-state index in [2.05, 4.69) is 10.3 Å². The zero-order chi connectivity index (χ0) is 22.9. The van der Waals surface area contributed by atoms with Gasteiger partial charge in [0.15, 0.2) is 16.7 Å². The fourth-order valence-electron chi connectivity index (χ4n) is 3.46. The fraction of sp³-hybridized carbons (Fsp3) is 0.125. The van der Waals surface area contributed by atoms with Crippen molar-refractivity contribution in [3.8, 4) is 17.2 Å². The molecule has 0 saturated carbocycles. The molecule has 5 rings (SSSR count). The normalized spacial score (nSPS) is 12.2. The number of anilines is 1. The van der Waals surface area contributed by atoms with Gasteiger partial charge in [-0.15, -0.1) is 0 Å². The summed E-state index contributed by atoms with van der Waals surface area (Å²) in [5, 5.41) is 4.18. The minimum atomic E-state index is -0.241. The second-order valence-corrected chi connectivity index (χ2v) is 8.82. The molecule has 2 heterocycles. The van der Waals surface area contributed by atoms with Gasteiger partial charge in [-0.1, -0.05) is 41.1 Å². The van der Waals surface area contributed by atoms with Gasteiger partial charge in [0.1, 0.15) is 0 Å². The molecule has 1 aromatic heterocycles. The van der Waals surface area contributed by atoms with E-state index in [4.69, 9.17) is 21.1 Å². The number of nitrogens with one attached hydrogen (secondary N) is 1. The van der Waals surface area contributed by atoms with Crippen molar-refractivity contribution in [1.82, 2.24) is 9.55 Å². The Labute approximate surface area is 198 Å². The number of carbonyl (C=O) groups excluding carboxylic acids is 1. The van der Waals surface area contributed by atoms with Crippen LogP contribution in [0.15, 0.2) is 70.6 Å². The topological polar surface area (TPSA) is 82.5 Å². The third-order valence-electron chi connectivity index (χ3n) is 5.08. The zero-order valence-corrected chi connectivity index (χ0v) is 19.1. The van der Waals surface area contributed by atoms with Crippen LogP contribution in [0.5, 0.6) is 11.5 Å². The highest BCUT2D eigenvalue weighted by atomic mass is 35.5. The summed E-state index contributed by atoms with van der Waals surface area (Å²) in [4.78, 5) is 30.6. The third kappa shape index (κ3) is 4.40. The molecule has 9 heteroatoms. The molecule has 7 nitrogen and oxygen atoms in total. The van der Waals surface area contributed by atoms with Crippen molar-refractivity contribution in [2.24, 2.45) is 0 Å². The number of rotatable bonds is 5. The number of benzene rings is 3. The quantitative estimate of drug-likeness (QED) is 0.327. The van der Waals surface area contributed by atoms with E-state index >= 15 is 0 Å². The van der Waals surface area contributed by atoms with Crippen LogP contribution in [0, 0.1) is 6.92 Å². The van der Waals surface area contributed by atoms with E-state index in [1.54, 1.807) is 36.4 Å². The highest BCUT2D eigenvalue weighted by molar-refractivity contribution is 7.99. The van der Waals surface area contributed by atoms with Crippen LogP contribution in [-0.2, 0) is 4.79 Å². The molecule has 1 aliphatic rings. The van der Waals surface area contributed by atoms with Gasteiger partial charge in [-0.3, -0.25) is 14.2 Å². The predicted molar refractivity (Wildman–Crippen MR) is 129 cm³/mol. The molecular formula is C24H18ClN3O4S. The van der Waals surface area contributed by atoms with E-state index in [0.717, 1.165) is 5.56 Å². The summed E-state index contributed by atoms with van der Waals surface area (Å²) >= 11 is 7.29. The number of aromatic nitrogens is 2. The highest BCUT2D eigenvalue weighted by Crippen LogP contribution is 2.34. The summed E-state index contributed by atoms with van der Waals surface area (Å²) in [5.74, 6) is 1.04. The highest BCUT2D eigenvalue weighted by Gasteiger charge is 2.17. The van der Waals surface area contributed by atoms with Gasteiger partial charge < -0.3 is 14.8 Å². The number of hydrogen-bond acceptors (Lipinski definition) is 6. The third-order valence-corrected chi connectivity index (χ3v) is 6.26. The molecule has 1 amide bonds. The van der Waals surface area contributed by atoms with E-state index in [1.165, 1.54) is 16.3 Å². The molecule has 1 N–H and O–H groups in total. The molecule has 166 valence electrons. The molecule has 1 aliphatic heterocycles. The second-order valence-electron chi connectivity index (χ2n) is 7.44. The van der Waals surface area contributed by atoms with Crippen molar-refractivity contribution < 1.29 is 14.3 Å². The average Bonchev–Trinajstić information content (AvgIpc) is 3.26. The van der Waals surface area contributed by atoms with Gasteiger partial charge in [-0.25, -0.2) is 4.98 Å². The first-order valence-corrected chi connectivity index (χ1v) is 11.5. The van der Waals surface area contributed by atoms with Crippen LogP contribution in [-0.4, -0.2) is 28.0 Å². The lowest BCUT2D eigenvalue weighted by molar-refractivity contribution is -0.113. The van der Waals surface area contributed by atoms with Crippen LogP contribution in [0.25, 0.3) is 16.6 Å². The molecule has 4 aromatic rings. The van der Waals surface area contributed by atoms with E-state index in [1.807, 2.05) is 31.2 Å². The van der Waals surface area contributed by atoms with Crippen molar-refractivity contribution in [3.05, 3.63) is 81.6 Å². The fourth-order valence-corrected chi connectivity index (χ4v) is 4.44. The zero-order valence-electron chi connectivity index (χ0n) is 17.5. The minimum Gasteiger partial charge on any atom is -0.454 e. The van der Waals surface area contributed by atoms with Gasteiger partial charge in [-0.2, -0.15) is 0 Å². The van der Waals surface area contributed by atoms with E-state index < -0.39 is 0 Å². The standard InChI is InChI=1S/C24H18ClN3O4S/c1-14-2-6-17(7-3-14)28-23(30)18-8-4-15(25)10-19(18)27-24(28)33-12-22(29)26-16-5-9-20-21(11-16)32-13-31-20/h2-11H,12-13H2,1H3,(H,26,29). The Morgan fingerprint density at radius 2 is 1.88 bits per heavy atom. The molecule has 0 bridgehead atoms. The van der Waals surface area contributed by atoms with Crippen LogP contribution >= 0.6 is 23.4 Å². The van der Waals surface area contributed by atoms with Gasteiger partial charge in [0.05, 0.1) is 22.3 Å². The van der Waals surface area contributed by atoms with Crippen molar-refractivity contribution in [1.29, 1.82) is 0 Å². The van der Waals surface area contributed by atoms with Crippen LogP contribution in [0.4, 0.5) is 5.69 Å². The number of halogens is 1. The Bertz CT molecular complexity index is 1440. The lowest BCUT2D eigenvalue weighted by Gasteiger charge is -2.14. The average molecular weight is 480 g/mol. The van der Waals surface area contributed by atoms with Crippen LogP contribution < -0.4 is 20.3 Å². The summed E-state index contributed by atoms with van der Waals surface area (Å²) in [6.45, 7) is 2.14. The van der Waals surface area contributed by atoms with E-state index in [9.17, 15) is 9.59 Å². The molecular weight excluding hydrogens is 462 g/mol. The Kier molecular flexibility index (Phi) is 5.70. The first kappa shape index (κ1) is 21.4. The Hall–Kier alpha value is -3.49. The predicted octanol–water partition coefficient (Wildman–Crippen LogP) is 4.81. The summed E-state index contributed by atoms with van der Waals surface area (Å²) < 4.78 is 12.2. The molecule has 0 unspecified atom stereocenters. The van der Waals surface area contributed by atoms with Gasteiger partial charge in [-0.05, 0) is 49.4 Å². The SMILES string of the molecule is Cc1ccc(-n2c(SCC(=O)Nc3ccc4c(c3)OCO4)nc3cc(Cl)ccc3c2=O)cc1. The maximum Gasteiger partial charge on any atom is 0.266 e. The molecule has 3 aromatic carbocycles. The van der Waals surface area contributed by atoms with Gasteiger partial charge in [0.2, 0.25) is 12.7 Å². The molecule has 0 spiro atoms. The van der Waals surface area contributed by atoms with E-state index in [0.29, 0.717) is 44.0 Å². The number of nitrogens with zero attached hydrogens (tertiary/aromatic N) is 2. The minimum absolute atomic E-state index is 0.0544. The van der Waals surface area contributed by atoms with Crippen LogP contribution in [0.2, 0.25) is 5.02 Å². The Morgan fingerprint density at radius 1 is 1.09 bits per heavy atom. The Morgan fingerprint density at radius 3 is 2.70 bits per heavy atom. The maximum absolute atomic E-state index is 13.3.